The van der Waals surface area contributed by atoms with Crippen molar-refractivity contribution in [2.24, 2.45) is 0 Å². The molecule has 0 atom stereocenters. The van der Waals surface area contributed by atoms with Gasteiger partial charge in [0.15, 0.2) is 5.13 Å². The summed E-state index contributed by atoms with van der Waals surface area (Å²) in [6.45, 7) is 2.09. The lowest BCUT2D eigenvalue weighted by atomic mass is 10.2. The number of carbonyl (C=O) groups excluding carboxylic acids is 2. The number of para-hydroxylation sites is 1. The number of thiazole rings is 1. The van der Waals surface area contributed by atoms with Crippen LogP contribution in [0.15, 0.2) is 35.8 Å². The van der Waals surface area contributed by atoms with E-state index in [-0.39, 0.29) is 19.1 Å². The first kappa shape index (κ1) is 15.0. The first-order valence-corrected chi connectivity index (χ1v) is 7.28. The van der Waals surface area contributed by atoms with E-state index in [0.717, 1.165) is 0 Å². The van der Waals surface area contributed by atoms with Crippen molar-refractivity contribution in [3.8, 4) is 0 Å². The van der Waals surface area contributed by atoms with Crippen molar-refractivity contribution >= 4 is 34.0 Å². The predicted octanol–water partition coefficient (Wildman–Crippen LogP) is 2.37. The maximum atomic E-state index is 11.9. The monoisotopic (exact) mass is 305 g/mol. The molecule has 1 aromatic heterocycles. The van der Waals surface area contributed by atoms with Crippen molar-refractivity contribution in [2.45, 2.75) is 6.92 Å². The molecule has 0 spiro atoms. The topological polar surface area (TPSA) is 80.3 Å². The van der Waals surface area contributed by atoms with Gasteiger partial charge in [-0.2, -0.15) is 0 Å². The molecule has 21 heavy (non-hydrogen) atoms. The van der Waals surface area contributed by atoms with E-state index in [1.165, 1.54) is 11.3 Å². The van der Waals surface area contributed by atoms with Gasteiger partial charge < -0.3 is 15.4 Å². The average molecular weight is 305 g/mol. The van der Waals surface area contributed by atoms with Gasteiger partial charge in [0.2, 0.25) is 5.91 Å². The Bertz CT molecular complexity index is 614. The Morgan fingerprint density at radius 1 is 1.33 bits per heavy atom. The number of carbonyl (C=O) groups is 2. The largest absolute Gasteiger partial charge is 0.462 e. The molecule has 2 N–H and O–H groups in total. The Morgan fingerprint density at radius 2 is 2.14 bits per heavy atom. The minimum absolute atomic E-state index is 0.0741. The highest BCUT2D eigenvalue weighted by Gasteiger charge is 2.13. The lowest BCUT2D eigenvalue weighted by Crippen LogP contribution is -2.23. The van der Waals surface area contributed by atoms with E-state index in [4.69, 9.17) is 4.74 Å². The van der Waals surface area contributed by atoms with E-state index in [1.54, 1.807) is 37.4 Å². The first-order valence-electron chi connectivity index (χ1n) is 6.40. The second kappa shape index (κ2) is 7.39. The average Bonchev–Trinajstić information content (AvgIpc) is 2.99. The van der Waals surface area contributed by atoms with Crippen LogP contribution in [0.2, 0.25) is 0 Å². The number of nitrogens with zero attached hydrogens (tertiary/aromatic N) is 1. The minimum atomic E-state index is -0.457. The molecule has 0 aliphatic rings. The summed E-state index contributed by atoms with van der Waals surface area (Å²) in [5.41, 5.74) is 0.767. The number of anilines is 2. The van der Waals surface area contributed by atoms with Gasteiger partial charge in [0, 0.05) is 11.6 Å². The second-order valence-corrected chi connectivity index (χ2v) is 4.90. The molecule has 0 saturated heterocycles. The van der Waals surface area contributed by atoms with Crippen molar-refractivity contribution < 1.29 is 14.3 Å². The molecule has 0 fully saturated rings. The van der Waals surface area contributed by atoms with Crippen molar-refractivity contribution in [2.75, 3.05) is 23.8 Å². The Morgan fingerprint density at radius 3 is 2.86 bits per heavy atom. The molecule has 1 aromatic carbocycles. The summed E-state index contributed by atoms with van der Waals surface area (Å²) in [5.74, 6) is -0.719. The number of hydrogen-bond acceptors (Lipinski definition) is 6. The van der Waals surface area contributed by atoms with Crippen LogP contribution >= 0.6 is 11.3 Å². The predicted molar refractivity (Wildman–Crippen MR) is 81.6 cm³/mol. The SMILES string of the molecule is CCOC(=O)c1ccccc1NC(=O)CNc1nccs1. The minimum Gasteiger partial charge on any atom is -0.462 e. The van der Waals surface area contributed by atoms with Gasteiger partial charge in [0.05, 0.1) is 24.4 Å². The van der Waals surface area contributed by atoms with Crippen molar-refractivity contribution in [1.82, 2.24) is 4.98 Å². The van der Waals surface area contributed by atoms with Gasteiger partial charge in [0.1, 0.15) is 0 Å². The smallest absolute Gasteiger partial charge is 0.340 e. The van der Waals surface area contributed by atoms with E-state index in [2.05, 4.69) is 15.6 Å². The number of aromatic nitrogens is 1. The quantitative estimate of drug-likeness (QED) is 0.801. The maximum absolute atomic E-state index is 11.9. The molecule has 6 nitrogen and oxygen atoms in total. The molecule has 0 aliphatic carbocycles. The lowest BCUT2D eigenvalue weighted by Gasteiger charge is -2.10. The molecule has 2 aromatic rings. The normalized spacial score (nSPS) is 9.95. The number of ether oxygens (including phenoxy) is 1. The highest BCUT2D eigenvalue weighted by atomic mass is 32.1. The standard InChI is InChI=1S/C14H15N3O3S/c1-2-20-13(19)10-5-3-4-6-11(10)17-12(18)9-16-14-15-7-8-21-14/h3-8H,2,9H2,1H3,(H,15,16)(H,17,18). The number of esters is 1. The molecular formula is C14H15N3O3S. The Labute approximate surface area is 126 Å². The highest BCUT2D eigenvalue weighted by molar-refractivity contribution is 7.13. The molecule has 0 saturated carbocycles. The van der Waals surface area contributed by atoms with Crippen LogP contribution in [-0.2, 0) is 9.53 Å². The van der Waals surface area contributed by atoms with Gasteiger partial charge in [0.25, 0.3) is 0 Å². The summed E-state index contributed by atoms with van der Waals surface area (Å²) in [4.78, 5) is 27.7. The Kier molecular flexibility index (Phi) is 5.28. The van der Waals surface area contributed by atoms with E-state index in [9.17, 15) is 9.59 Å². The summed E-state index contributed by atoms with van der Waals surface area (Å²) in [6.07, 6.45) is 1.65. The van der Waals surface area contributed by atoms with E-state index < -0.39 is 5.97 Å². The van der Waals surface area contributed by atoms with E-state index in [1.807, 2.05) is 5.38 Å². The van der Waals surface area contributed by atoms with Crippen molar-refractivity contribution in [3.63, 3.8) is 0 Å². The number of hydrogen-bond donors (Lipinski definition) is 2. The Balaban J connectivity index is 1.98. The van der Waals surface area contributed by atoms with Crippen LogP contribution in [-0.4, -0.2) is 30.0 Å². The number of amides is 1. The second-order valence-electron chi connectivity index (χ2n) is 4.01. The number of nitrogens with one attached hydrogen (secondary N) is 2. The molecule has 0 bridgehead atoms. The number of rotatable bonds is 6. The molecule has 1 amide bonds. The Hall–Kier alpha value is -2.41. The van der Waals surface area contributed by atoms with Crippen molar-refractivity contribution in [3.05, 3.63) is 41.4 Å². The van der Waals surface area contributed by atoms with Gasteiger partial charge in [-0.25, -0.2) is 9.78 Å². The fourth-order valence-corrected chi connectivity index (χ4v) is 2.17. The summed E-state index contributed by atoms with van der Waals surface area (Å²) in [7, 11) is 0. The van der Waals surface area contributed by atoms with E-state index in [0.29, 0.717) is 16.4 Å². The van der Waals surface area contributed by atoms with Crippen LogP contribution in [0.4, 0.5) is 10.8 Å². The molecule has 0 unspecified atom stereocenters. The molecular weight excluding hydrogens is 290 g/mol. The summed E-state index contributed by atoms with van der Waals surface area (Å²) < 4.78 is 4.95. The van der Waals surface area contributed by atoms with Crippen molar-refractivity contribution in [1.29, 1.82) is 0 Å². The van der Waals surface area contributed by atoms with E-state index >= 15 is 0 Å². The van der Waals surface area contributed by atoms with Gasteiger partial charge >= 0.3 is 5.97 Å². The third-order valence-electron chi connectivity index (χ3n) is 2.53. The van der Waals surface area contributed by atoms with Crippen LogP contribution in [0.1, 0.15) is 17.3 Å². The zero-order valence-corrected chi connectivity index (χ0v) is 12.3. The van der Waals surface area contributed by atoms with Crippen LogP contribution < -0.4 is 10.6 Å². The molecule has 2 rings (SSSR count). The van der Waals surface area contributed by atoms with Crippen LogP contribution in [0, 0.1) is 0 Å². The maximum Gasteiger partial charge on any atom is 0.340 e. The molecule has 7 heteroatoms. The first-order chi connectivity index (χ1) is 10.2. The molecule has 0 aliphatic heterocycles. The number of benzene rings is 1. The third kappa shape index (κ3) is 4.28. The highest BCUT2D eigenvalue weighted by Crippen LogP contribution is 2.16. The lowest BCUT2D eigenvalue weighted by molar-refractivity contribution is -0.114. The van der Waals surface area contributed by atoms with Gasteiger partial charge in [-0.3, -0.25) is 4.79 Å². The van der Waals surface area contributed by atoms with Gasteiger partial charge in [-0.1, -0.05) is 12.1 Å². The fourth-order valence-electron chi connectivity index (χ4n) is 1.64. The van der Waals surface area contributed by atoms with Gasteiger partial charge in [-0.05, 0) is 19.1 Å². The third-order valence-corrected chi connectivity index (χ3v) is 3.26. The fraction of sp³-hybridized carbons (Fsp3) is 0.214. The van der Waals surface area contributed by atoms with Gasteiger partial charge in [-0.15, -0.1) is 11.3 Å². The molecule has 0 radical (unpaired) electrons. The van der Waals surface area contributed by atoms with Crippen LogP contribution in [0.25, 0.3) is 0 Å². The molecule has 1 heterocycles. The zero-order chi connectivity index (χ0) is 15.1. The summed E-state index contributed by atoms with van der Waals surface area (Å²) in [6, 6.07) is 6.73. The molecule has 110 valence electrons. The summed E-state index contributed by atoms with van der Waals surface area (Å²) >= 11 is 1.41. The van der Waals surface area contributed by atoms with Crippen LogP contribution in [0.3, 0.4) is 0 Å². The summed E-state index contributed by atoms with van der Waals surface area (Å²) in [5, 5.41) is 8.07. The zero-order valence-electron chi connectivity index (χ0n) is 11.5. The van der Waals surface area contributed by atoms with Crippen LogP contribution in [0.5, 0.6) is 0 Å².